The molecule has 3 radical (unpaired) electrons. The fourth-order valence-corrected chi connectivity index (χ4v) is 18.4. The maximum Gasteiger partial charge on any atom is 1.00 e. The minimum absolute atomic E-state index is 0. The van der Waals surface area contributed by atoms with Crippen molar-refractivity contribution in [3.63, 3.8) is 0 Å². The zero-order valence-electron chi connectivity index (χ0n) is 58.2. The Morgan fingerprint density at radius 1 is 0.466 bits per heavy atom. The number of hydrogen-bond donors (Lipinski definition) is 1. The van der Waals surface area contributed by atoms with Crippen LogP contribution in [0.3, 0.4) is 0 Å². The third kappa shape index (κ3) is 20.0. The summed E-state index contributed by atoms with van der Waals surface area (Å²) in [6, 6.07) is 7.56. The molecule has 3 unspecified atom stereocenters. The van der Waals surface area contributed by atoms with Crippen LogP contribution >= 0.6 is 31.3 Å². The summed E-state index contributed by atoms with van der Waals surface area (Å²) in [5, 5.41) is 11.2. The Labute approximate surface area is 555 Å². The fourth-order valence-electron chi connectivity index (χ4n) is 13.6. The molecular weight excluding hydrogens is 1210 g/mol. The van der Waals surface area contributed by atoms with Gasteiger partial charge in [0, 0.05) is 37.8 Å². The van der Waals surface area contributed by atoms with Crippen molar-refractivity contribution in [2.75, 3.05) is 52.9 Å². The molecule has 6 aliphatic rings. The van der Waals surface area contributed by atoms with Gasteiger partial charge in [-0.25, -0.2) is 18.3 Å². The van der Waals surface area contributed by atoms with E-state index < -0.39 is 37.4 Å². The van der Waals surface area contributed by atoms with Crippen LogP contribution in [0.5, 0.6) is 23.0 Å². The normalized spacial score (nSPS) is 22.2. The van der Waals surface area contributed by atoms with E-state index in [1.54, 1.807) is 55.4 Å². The van der Waals surface area contributed by atoms with Crippen LogP contribution < -0.4 is 47.7 Å². The van der Waals surface area contributed by atoms with Gasteiger partial charge in [-0.3, -0.25) is 41.0 Å². The number of carbonyl (C=O) groups excluding carboxylic acids is 1. The van der Waals surface area contributed by atoms with Crippen LogP contribution in [0.2, 0.25) is 0 Å². The number of phosphoric ester groups is 4. The molecule has 8 rings (SSSR count). The third-order valence-electron chi connectivity index (χ3n) is 18.5. The van der Waals surface area contributed by atoms with E-state index in [-0.39, 0.29) is 185 Å². The first-order chi connectivity index (χ1) is 40.4. The van der Waals surface area contributed by atoms with Crippen LogP contribution in [0.4, 0.5) is 0 Å². The molecule has 6 aliphatic carbocycles. The number of unbranched alkanes of at least 4 members (excludes halogenated alkanes) is 6. The molecular formula is C64H111BNaO18P4. The number of aliphatic hydroxyl groups excluding tert-OH is 1. The molecule has 88 heavy (non-hydrogen) atoms. The van der Waals surface area contributed by atoms with Crippen LogP contribution in [0.15, 0.2) is 24.3 Å². The predicted molar refractivity (Wildman–Crippen MR) is 346 cm³/mol. The first-order valence-electron chi connectivity index (χ1n) is 32.3. The summed E-state index contributed by atoms with van der Waals surface area (Å²) in [5.74, 6) is 1.21. The number of hydrogen-bond acceptors (Lipinski definition) is 18. The van der Waals surface area contributed by atoms with E-state index >= 15 is 0 Å². The molecule has 6 fully saturated rings. The van der Waals surface area contributed by atoms with Gasteiger partial charge in [-0.05, 0) is 168 Å². The van der Waals surface area contributed by atoms with E-state index in [2.05, 4.69) is 69.2 Å². The van der Waals surface area contributed by atoms with Gasteiger partial charge in [0.05, 0.1) is 59.0 Å². The molecule has 2 aromatic rings. The zero-order valence-corrected chi connectivity index (χ0v) is 62.7. The summed E-state index contributed by atoms with van der Waals surface area (Å²) in [6.45, 7) is 36.3. The second-order valence-electron chi connectivity index (χ2n) is 25.8. The third-order valence-corrected chi connectivity index (χ3v) is 24.7. The van der Waals surface area contributed by atoms with Crippen LogP contribution in [0, 0.1) is 34.5 Å². The fraction of sp³-hybridized carbons (Fsp3) is 0.797. The minimum atomic E-state index is -4.04. The van der Waals surface area contributed by atoms with Crippen molar-refractivity contribution in [3.05, 3.63) is 46.5 Å². The molecule has 0 aromatic heterocycles. The molecule has 0 saturated heterocycles. The summed E-state index contributed by atoms with van der Waals surface area (Å²) < 4.78 is 125. The van der Waals surface area contributed by atoms with E-state index in [1.165, 1.54) is 0 Å². The van der Waals surface area contributed by atoms with E-state index in [9.17, 15) is 28.2 Å². The number of fused-ring (bicyclic) bond motifs is 4. The van der Waals surface area contributed by atoms with Crippen molar-refractivity contribution in [1.29, 1.82) is 0 Å². The molecule has 24 heteroatoms. The van der Waals surface area contributed by atoms with Gasteiger partial charge in [-0.1, -0.05) is 121 Å². The molecule has 1 N–H and O–H groups in total. The molecule has 0 heterocycles. The number of aliphatic hydroxyl groups is 1. The van der Waals surface area contributed by atoms with Gasteiger partial charge < -0.3 is 24.6 Å². The Morgan fingerprint density at radius 3 is 1.03 bits per heavy atom. The number of benzene rings is 2. The molecule has 4 bridgehead atoms. The Bertz CT molecular complexity index is 2590. The Balaban J connectivity index is 0.000000587. The van der Waals surface area contributed by atoms with E-state index in [4.69, 9.17) is 54.3 Å². The van der Waals surface area contributed by atoms with Gasteiger partial charge >= 0.3 is 60.8 Å². The number of Topliss-reactive ketones (excluding diaryl/α,β-unsaturated/α-hetero) is 1. The van der Waals surface area contributed by atoms with Crippen LogP contribution in [-0.2, 0) is 70.1 Å². The van der Waals surface area contributed by atoms with Gasteiger partial charge in [0.15, 0.2) is 0 Å². The second kappa shape index (κ2) is 35.1. The number of carbonyl (C=O) groups is 1. The number of phosphoric acid groups is 4. The van der Waals surface area contributed by atoms with Gasteiger partial charge in [-0.15, -0.1) is 0 Å². The number of rotatable bonds is 38. The second-order valence-corrected chi connectivity index (χ2v) is 32.2. The average Bonchev–Trinajstić information content (AvgIpc) is 0.778. The quantitative estimate of drug-likeness (QED) is 0.0376. The Kier molecular flexibility index (Phi) is 32.4. The molecule has 0 amide bonds. The van der Waals surface area contributed by atoms with Gasteiger partial charge in [0.1, 0.15) is 28.8 Å². The van der Waals surface area contributed by atoms with Crippen molar-refractivity contribution in [2.45, 2.75) is 243 Å². The van der Waals surface area contributed by atoms with Crippen LogP contribution in [-0.4, -0.2) is 78.3 Å². The first-order valence-corrected chi connectivity index (χ1v) is 38.2. The van der Waals surface area contributed by atoms with Crippen LogP contribution in [0.25, 0.3) is 0 Å². The summed E-state index contributed by atoms with van der Waals surface area (Å²) in [4.78, 5) is 13.3. The summed E-state index contributed by atoms with van der Waals surface area (Å²) in [6.07, 6.45) is 12.5. The zero-order chi connectivity index (χ0) is 64.1. The molecule has 18 nitrogen and oxygen atoms in total. The maximum absolute atomic E-state index is 13.8. The molecule has 2 aromatic carbocycles. The monoisotopic (exact) mass is 1330 g/mol. The summed E-state index contributed by atoms with van der Waals surface area (Å²) in [7, 11) is -16.1. The summed E-state index contributed by atoms with van der Waals surface area (Å²) >= 11 is 0. The predicted octanol–water partition coefficient (Wildman–Crippen LogP) is 16.1. The van der Waals surface area contributed by atoms with Crippen LogP contribution in [0.1, 0.15) is 250 Å². The average molecular weight is 1330 g/mol. The van der Waals surface area contributed by atoms with Crippen molar-refractivity contribution in [3.8, 4) is 23.0 Å². The Hall–Kier alpha value is -1.07. The Morgan fingerprint density at radius 2 is 0.773 bits per heavy atom. The van der Waals surface area contributed by atoms with Crippen molar-refractivity contribution < 1.29 is 113 Å². The summed E-state index contributed by atoms with van der Waals surface area (Å²) in [5.41, 5.74) is 1.80. The van der Waals surface area contributed by atoms with Gasteiger partial charge in [-0.2, -0.15) is 0 Å². The largest absolute Gasteiger partial charge is 1.00 e. The van der Waals surface area contributed by atoms with E-state index in [1.807, 2.05) is 24.3 Å². The maximum atomic E-state index is 13.8. The minimum Gasteiger partial charge on any atom is -1.00 e. The molecule has 499 valence electrons. The smallest absolute Gasteiger partial charge is 1.00 e. The van der Waals surface area contributed by atoms with Gasteiger partial charge in [0.25, 0.3) is 0 Å². The van der Waals surface area contributed by atoms with Crippen molar-refractivity contribution >= 4 is 45.5 Å². The van der Waals surface area contributed by atoms with Crippen molar-refractivity contribution in [1.82, 2.24) is 0 Å². The molecule has 0 aliphatic heterocycles. The molecule has 0 spiro atoms. The van der Waals surface area contributed by atoms with E-state index in [0.29, 0.717) is 17.5 Å². The van der Waals surface area contributed by atoms with Gasteiger partial charge in [0.2, 0.25) is 0 Å². The first kappa shape index (κ1) is 81.2. The topological polar surface area (TPSA) is 216 Å². The molecule has 7 atom stereocenters. The number of ketones is 1. The molecule has 6 saturated carbocycles. The van der Waals surface area contributed by atoms with Crippen molar-refractivity contribution in [2.24, 2.45) is 34.5 Å². The standard InChI is InChI=1S/C32H56O9P2.C32H54O9P2.B.Na.H/c2*1-10-15-16-17-18-31(6,7)23-19-28(40-42(34,36-11-2)37-12-3)30(24-21-27(33)26-22-25(24)32(26,8)9)29(20-23)41-43(35,38-13-4)39-14-5;;;/h19-20,24-27,33H,10-18,21-22H2,1-9H3;19-20,24-26H,10-18,21-22H2,1-9H3;;;/q;;;+1;-1/t24?,25-,26+,27?;24?,25-,26+;;;/m00.../s1. The SMILES string of the molecule is CCCCCCC(C)(C)c1cc(OP(=O)(OCC)OCC)c(C2CC(=O)[C@H]3C[C@@H]2C3(C)C)c(OP(=O)(OCC)OCC)c1.CCCCCCC(C)(C)c1cc(OP(=O)(OCC)OCC)c(C2CC(O)[C@H]3C[C@@H]2C3(C)C)c(OP(=O)(OCC)OCC)c1.[B].[H-].[Na+]. The van der Waals surface area contributed by atoms with E-state index in [0.717, 1.165) is 88.2 Å².